The molecule has 2 aliphatic rings. The Morgan fingerprint density at radius 1 is 1.52 bits per heavy atom. The first-order chi connectivity index (χ1) is 10.7. The van der Waals surface area contributed by atoms with Crippen LogP contribution in [0.4, 0.5) is 10.6 Å². The van der Waals surface area contributed by atoms with Gasteiger partial charge in [-0.2, -0.15) is 5.10 Å². The molecular weight excluding hydrogens is 296 g/mol. The van der Waals surface area contributed by atoms with Crippen LogP contribution in [-0.2, 0) is 15.0 Å². The largest absolute Gasteiger partial charge is 0.444 e. The maximum Gasteiger partial charge on any atom is 0.407 e. The van der Waals surface area contributed by atoms with Crippen molar-refractivity contribution in [1.29, 1.82) is 0 Å². The van der Waals surface area contributed by atoms with Gasteiger partial charge in [-0.1, -0.05) is 0 Å². The Hall–Kier alpha value is -1.76. The predicted octanol–water partition coefficient (Wildman–Crippen LogP) is 2.33. The molecule has 1 saturated carbocycles. The lowest BCUT2D eigenvalue weighted by atomic mass is 10.1. The molecule has 0 aromatic carbocycles. The fourth-order valence-corrected chi connectivity index (χ4v) is 2.74. The minimum absolute atomic E-state index is 0.0735. The van der Waals surface area contributed by atoms with Crippen LogP contribution >= 0.6 is 0 Å². The van der Waals surface area contributed by atoms with Crippen LogP contribution in [0.2, 0.25) is 0 Å². The Labute approximate surface area is 136 Å². The highest BCUT2D eigenvalue weighted by molar-refractivity contribution is 5.69. The lowest BCUT2D eigenvalue weighted by Crippen LogP contribution is -2.37. The Kier molecular flexibility index (Phi) is 3.78. The summed E-state index contributed by atoms with van der Waals surface area (Å²) in [6.07, 6.45) is 1.83. The molecule has 0 spiro atoms. The first-order valence-corrected chi connectivity index (χ1v) is 8.13. The van der Waals surface area contributed by atoms with Crippen LogP contribution in [0.25, 0.3) is 0 Å². The topological polar surface area (TPSA) is 91.4 Å². The summed E-state index contributed by atoms with van der Waals surface area (Å²) in [6.45, 7) is 8.54. The van der Waals surface area contributed by atoms with E-state index in [1.165, 1.54) is 0 Å². The summed E-state index contributed by atoms with van der Waals surface area (Å²) < 4.78 is 13.0. The van der Waals surface area contributed by atoms with E-state index in [9.17, 15) is 4.79 Å². The first kappa shape index (κ1) is 16.1. The standard InChI is InChI=1S/C16H26N4O3/c1-15(2,3)20-13(17)8-11(19-20)12-7-10(9-22-12)23-14(21)18-16(4)5-6-16/h8,10,12H,5-7,9,17H2,1-4H3,(H,18,21). The third-order valence-electron chi connectivity index (χ3n) is 4.36. The smallest absolute Gasteiger partial charge is 0.407 e. The minimum Gasteiger partial charge on any atom is -0.444 e. The molecule has 0 radical (unpaired) electrons. The monoisotopic (exact) mass is 322 g/mol. The number of amides is 1. The molecule has 2 atom stereocenters. The first-order valence-electron chi connectivity index (χ1n) is 8.13. The summed E-state index contributed by atoms with van der Waals surface area (Å²) in [7, 11) is 0. The maximum absolute atomic E-state index is 11.9. The molecule has 1 aliphatic carbocycles. The van der Waals surface area contributed by atoms with Crippen molar-refractivity contribution in [1.82, 2.24) is 15.1 Å². The van der Waals surface area contributed by atoms with E-state index in [0.29, 0.717) is 18.8 Å². The lowest BCUT2D eigenvalue weighted by molar-refractivity contribution is 0.0672. The Balaban J connectivity index is 1.58. The van der Waals surface area contributed by atoms with Crippen molar-refractivity contribution in [2.45, 2.75) is 70.2 Å². The van der Waals surface area contributed by atoms with Gasteiger partial charge in [-0.3, -0.25) is 0 Å². The molecule has 23 heavy (non-hydrogen) atoms. The molecule has 3 N–H and O–H groups in total. The molecule has 1 saturated heterocycles. The van der Waals surface area contributed by atoms with Gasteiger partial charge < -0.3 is 20.5 Å². The number of anilines is 1. The van der Waals surface area contributed by atoms with Gasteiger partial charge in [0.2, 0.25) is 0 Å². The number of nitrogens with two attached hydrogens (primary N) is 1. The van der Waals surface area contributed by atoms with E-state index in [1.807, 2.05) is 33.8 Å². The average molecular weight is 322 g/mol. The van der Waals surface area contributed by atoms with Crippen LogP contribution in [0.3, 0.4) is 0 Å². The second-order valence-corrected chi connectivity index (χ2v) is 7.85. The number of hydrogen-bond acceptors (Lipinski definition) is 5. The van der Waals surface area contributed by atoms with E-state index in [0.717, 1.165) is 18.5 Å². The van der Waals surface area contributed by atoms with Gasteiger partial charge in [0.05, 0.1) is 17.8 Å². The number of rotatable bonds is 3. The van der Waals surface area contributed by atoms with Crippen molar-refractivity contribution in [2.24, 2.45) is 0 Å². The predicted molar refractivity (Wildman–Crippen MR) is 86.0 cm³/mol. The molecular formula is C16H26N4O3. The van der Waals surface area contributed by atoms with Crippen molar-refractivity contribution in [2.75, 3.05) is 12.3 Å². The van der Waals surface area contributed by atoms with Crippen LogP contribution in [0.5, 0.6) is 0 Å². The fourth-order valence-electron chi connectivity index (χ4n) is 2.74. The number of carbonyl (C=O) groups is 1. The van der Waals surface area contributed by atoms with E-state index in [-0.39, 0.29) is 29.4 Å². The normalized spacial score (nSPS) is 26.1. The van der Waals surface area contributed by atoms with Crippen molar-refractivity contribution in [3.8, 4) is 0 Å². The van der Waals surface area contributed by atoms with Crippen molar-refractivity contribution >= 4 is 11.9 Å². The zero-order valence-corrected chi connectivity index (χ0v) is 14.3. The van der Waals surface area contributed by atoms with Crippen LogP contribution < -0.4 is 11.1 Å². The second kappa shape index (κ2) is 5.40. The molecule has 3 rings (SSSR count). The van der Waals surface area contributed by atoms with Gasteiger partial charge >= 0.3 is 6.09 Å². The highest BCUT2D eigenvalue weighted by Gasteiger charge is 2.40. The van der Waals surface area contributed by atoms with Gasteiger partial charge in [0.1, 0.15) is 18.0 Å². The van der Waals surface area contributed by atoms with Crippen LogP contribution in [0.15, 0.2) is 6.07 Å². The van der Waals surface area contributed by atoms with Gasteiger partial charge in [-0.05, 0) is 40.5 Å². The van der Waals surface area contributed by atoms with Crippen molar-refractivity contribution in [3.63, 3.8) is 0 Å². The molecule has 2 heterocycles. The number of carbonyl (C=O) groups excluding carboxylic acids is 1. The summed E-state index contributed by atoms with van der Waals surface area (Å²) in [5, 5.41) is 7.45. The van der Waals surface area contributed by atoms with E-state index in [2.05, 4.69) is 10.4 Å². The van der Waals surface area contributed by atoms with Gasteiger partial charge in [0, 0.05) is 18.0 Å². The number of aromatic nitrogens is 2. The highest BCUT2D eigenvalue weighted by Crippen LogP contribution is 2.35. The van der Waals surface area contributed by atoms with Crippen LogP contribution in [-0.4, -0.2) is 34.1 Å². The molecule has 1 amide bonds. The van der Waals surface area contributed by atoms with Crippen molar-refractivity contribution in [3.05, 3.63) is 11.8 Å². The summed E-state index contributed by atoms with van der Waals surface area (Å²) in [4.78, 5) is 11.9. The Morgan fingerprint density at radius 3 is 2.78 bits per heavy atom. The van der Waals surface area contributed by atoms with E-state index >= 15 is 0 Å². The van der Waals surface area contributed by atoms with Gasteiger partial charge in [0.15, 0.2) is 0 Å². The molecule has 1 aromatic rings. The quantitative estimate of drug-likeness (QED) is 0.891. The summed E-state index contributed by atoms with van der Waals surface area (Å²) in [5.74, 6) is 0.611. The molecule has 1 aromatic heterocycles. The number of alkyl carbamates (subject to hydrolysis) is 1. The van der Waals surface area contributed by atoms with Gasteiger partial charge in [-0.25, -0.2) is 9.48 Å². The third kappa shape index (κ3) is 3.60. The van der Waals surface area contributed by atoms with Gasteiger partial charge in [0.25, 0.3) is 0 Å². The fraction of sp³-hybridized carbons (Fsp3) is 0.750. The van der Waals surface area contributed by atoms with Crippen LogP contribution in [0, 0.1) is 0 Å². The second-order valence-electron chi connectivity index (χ2n) is 7.85. The number of nitrogen functional groups attached to an aromatic ring is 1. The zero-order valence-electron chi connectivity index (χ0n) is 14.3. The maximum atomic E-state index is 11.9. The minimum atomic E-state index is -0.362. The summed E-state index contributed by atoms with van der Waals surface area (Å²) in [6, 6.07) is 1.84. The van der Waals surface area contributed by atoms with Gasteiger partial charge in [-0.15, -0.1) is 0 Å². The molecule has 0 bridgehead atoms. The average Bonchev–Trinajstić information content (AvgIpc) is 2.86. The van der Waals surface area contributed by atoms with E-state index in [1.54, 1.807) is 4.68 Å². The molecule has 128 valence electrons. The molecule has 2 unspecified atom stereocenters. The summed E-state index contributed by atoms with van der Waals surface area (Å²) in [5.41, 5.74) is 6.57. The molecule has 7 nitrogen and oxygen atoms in total. The summed E-state index contributed by atoms with van der Waals surface area (Å²) >= 11 is 0. The lowest BCUT2D eigenvalue weighted by Gasteiger charge is -2.20. The third-order valence-corrected chi connectivity index (χ3v) is 4.36. The van der Waals surface area contributed by atoms with E-state index < -0.39 is 0 Å². The zero-order chi connectivity index (χ0) is 16.8. The Bertz CT molecular complexity index is 601. The number of ether oxygens (including phenoxy) is 2. The SMILES string of the molecule is CC1(NC(=O)OC2COC(c3cc(N)n(C(C)(C)C)n3)C2)CC1. The van der Waals surface area contributed by atoms with E-state index in [4.69, 9.17) is 15.2 Å². The number of hydrogen-bond donors (Lipinski definition) is 2. The van der Waals surface area contributed by atoms with Crippen molar-refractivity contribution < 1.29 is 14.3 Å². The molecule has 7 heteroatoms. The number of nitrogens with zero attached hydrogens (tertiary/aromatic N) is 2. The Morgan fingerprint density at radius 2 is 2.22 bits per heavy atom. The molecule has 1 aliphatic heterocycles. The number of nitrogens with one attached hydrogen (secondary N) is 1. The highest BCUT2D eigenvalue weighted by atomic mass is 16.6. The molecule has 2 fully saturated rings. The van der Waals surface area contributed by atoms with Crippen LogP contribution in [0.1, 0.15) is 58.8 Å².